The van der Waals surface area contributed by atoms with Crippen molar-refractivity contribution >= 4 is 11.7 Å². The van der Waals surface area contributed by atoms with E-state index in [2.05, 4.69) is 51.2 Å². The van der Waals surface area contributed by atoms with Crippen molar-refractivity contribution in [2.24, 2.45) is 0 Å². The van der Waals surface area contributed by atoms with Gasteiger partial charge in [-0.15, -0.1) is 0 Å². The van der Waals surface area contributed by atoms with Crippen molar-refractivity contribution in [2.75, 3.05) is 31.1 Å². The standard InChI is InChI=1S/C26H29N3O2/c30-26(31-25-9-5-2-6-10-25)12-11-24(21-22-7-3-1-4-8-22)29-19-17-28(18-20-29)23-13-15-27-16-14-23/h1-10,13-16,24H,11-12,17-21H2. The summed E-state index contributed by atoms with van der Waals surface area (Å²) < 4.78 is 5.51. The van der Waals surface area contributed by atoms with Crippen LogP contribution in [0.15, 0.2) is 85.2 Å². The Morgan fingerprint density at radius 2 is 1.52 bits per heavy atom. The van der Waals surface area contributed by atoms with E-state index in [1.165, 1.54) is 11.3 Å². The molecule has 1 unspecified atom stereocenters. The Kier molecular flexibility index (Phi) is 7.29. The van der Waals surface area contributed by atoms with Crippen LogP contribution < -0.4 is 9.64 Å². The first-order chi connectivity index (χ1) is 15.3. The van der Waals surface area contributed by atoms with Crippen molar-refractivity contribution in [2.45, 2.75) is 25.3 Å². The first-order valence-corrected chi connectivity index (χ1v) is 11.0. The Hall–Kier alpha value is -3.18. The summed E-state index contributed by atoms with van der Waals surface area (Å²) in [5.74, 6) is 0.442. The van der Waals surface area contributed by atoms with Crippen LogP contribution in [0.25, 0.3) is 0 Å². The van der Waals surface area contributed by atoms with Crippen LogP contribution in [0.4, 0.5) is 5.69 Å². The second-order valence-electron chi connectivity index (χ2n) is 7.90. The summed E-state index contributed by atoms with van der Waals surface area (Å²) in [5, 5.41) is 0. The minimum Gasteiger partial charge on any atom is -0.427 e. The number of benzene rings is 2. The lowest BCUT2D eigenvalue weighted by Gasteiger charge is -2.40. The van der Waals surface area contributed by atoms with Gasteiger partial charge in [-0.3, -0.25) is 14.7 Å². The predicted octanol–water partition coefficient (Wildman–Crippen LogP) is 4.20. The average molecular weight is 416 g/mol. The van der Waals surface area contributed by atoms with E-state index in [9.17, 15) is 4.79 Å². The molecule has 1 saturated heterocycles. The number of nitrogens with zero attached hydrogens (tertiary/aromatic N) is 3. The third-order valence-corrected chi connectivity index (χ3v) is 5.83. The lowest BCUT2D eigenvalue weighted by atomic mass is 9.99. The Balaban J connectivity index is 1.37. The molecule has 0 radical (unpaired) electrons. The molecule has 4 rings (SSSR count). The summed E-state index contributed by atoms with van der Waals surface area (Å²) in [6, 6.07) is 24.3. The van der Waals surface area contributed by atoms with Gasteiger partial charge in [0.25, 0.3) is 0 Å². The van der Waals surface area contributed by atoms with E-state index in [0.29, 0.717) is 18.2 Å². The van der Waals surface area contributed by atoms with Crippen LogP contribution in [0.5, 0.6) is 5.75 Å². The molecule has 0 spiro atoms. The smallest absolute Gasteiger partial charge is 0.311 e. The number of pyridine rings is 1. The Bertz CT molecular complexity index is 927. The molecular formula is C26H29N3O2. The highest BCUT2D eigenvalue weighted by atomic mass is 16.5. The monoisotopic (exact) mass is 415 g/mol. The summed E-state index contributed by atoms with van der Waals surface area (Å²) in [4.78, 5) is 21.5. The van der Waals surface area contributed by atoms with Gasteiger partial charge in [0.1, 0.15) is 5.75 Å². The molecule has 1 aromatic heterocycles. The molecule has 1 aliphatic heterocycles. The van der Waals surface area contributed by atoms with Crippen LogP contribution in [-0.2, 0) is 11.2 Å². The molecule has 1 atom stereocenters. The number of esters is 1. The van der Waals surface area contributed by atoms with Gasteiger partial charge in [0.2, 0.25) is 0 Å². The lowest BCUT2D eigenvalue weighted by molar-refractivity contribution is -0.134. The molecule has 0 bridgehead atoms. The fraction of sp³-hybridized carbons (Fsp3) is 0.308. The van der Waals surface area contributed by atoms with E-state index >= 15 is 0 Å². The van der Waals surface area contributed by atoms with Crippen LogP contribution in [0.1, 0.15) is 18.4 Å². The molecule has 2 heterocycles. The van der Waals surface area contributed by atoms with Gasteiger partial charge >= 0.3 is 5.97 Å². The van der Waals surface area contributed by atoms with Crippen molar-refractivity contribution in [1.29, 1.82) is 0 Å². The zero-order valence-corrected chi connectivity index (χ0v) is 17.8. The van der Waals surface area contributed by atoms with Crippen molar-refractivity contribution in [1.82, 2.24) is 9.88 Å². The third kappa shape index (κ3) is 6.15. The minimum atomic E-state index is -0.167. The maximum atomic E-state index is 12.4. The molecule has 2 aromatic carbocycles. The second kappa shape index (κ2) is 10.7. The Morgan fingerprint density at radius 1 is 0.871 bits per heavy atom. The number of ether oxygens (including phenoxy) is 1. The normalized spacial score (nSPS) is 15.4. The zero-order valence-electron chi connectivity index (χ0n) is 17.8. The highest BCUT2D eigenvalue weighted by Gasteiger charge is 2.25. The molecule has 1 fully saturated rings. The number of hydrogen-bond donors (Lipinski definition) is 0. The summed E-state index contributed by atoms with van der Waals surface area (Å²) in [6.45, 7) is 3.91. The molecule has 160 valence electrons. The molecule has 0 saturated carbocycles. The second-order valence-corrected chi connectivity index (χ2v) is 7.90. The molecule has 0 aliphatic carbocycles. The Labute approximate surface area is 184 Å². The fourth-order valence-corrected chi connectivity index (χ4v) is 4.16. The van der Waals surface area contributed by atoms with Gasteiger partial charge in [-0.1, -0.05) is 48.5 Å². The number of hydrogen-bond acceptors (Lipinski definition) is 5. The number of rotatable bonds is 8. The van der Waals surface area contributed by atoms with Gasteiger partial charge in [0.15, 0.2) is 0 Å². The van der Waals surface area contributed by atoms with Crippen LogP contribution in [0.2, 0.25) is 0 Å². The van der Waals surface area contributed by atoms with Crippen LogP contribution in [0.3, 0.4) is 0 Å². The van der Waals surface area contributed by atoms with E-state index in [1.807, 2.05) is 48.8 Å². The van der Waals surface area contributed by atoms with E-state index in [4.69, 9.17) is 4.74 Å². The topological polar surface area (TPSA) is 45.7 Å². The number of anilines is 1. The van der Waals surface area contributed by atoms with E-state index in [0.717, 1.165) is 39.0 Å². The molecule has 0 amide bonds. The predicted molar refractivity (Wildman–Crippen MR) is 123 cm³/mol. The Morgan fingerprint density at radius 3 is 2.19 bits per heavy atom. The lowest BCUT2D eigenvalue weighted by Crippen LogP contribution is -2.51. The summed E-state index contributed by atoms with van der Waals surface area (Å²) >= 11 is 0. The van der Waals surface area contributed by atoms with E-state index in [1.54, 1.807) is 0 Å². The van der Waals surface area contributed by atoms with Gasteiger partial charge < -0.3 is 9.64 Å². The number of carbonyl (C=O) groups is 1. The number of aromatic nitrogens is 1. The molecule has 31 heavy (non-hydrogen) atoms. The number of para-hydroxylation sites is 1. The number of piperazine rings is 1. The quantitative estimate of drug-likeness (QED) is 0.408. The maximum absolute atomic E-state index is 12.4. The molecule has 5 nitrogen and oxygen atoms in total. The van der Waals surface area contributed by atoms with Crippen molar-refractivity contribution < 1.29 is 9.53 Å². The van der Waals surface area contributed by atoms with Crippen LogP contribution >= 0.6 is 0 Å². The third-order valence-electron chi connectivity index (χ3n) is 5.83. The molecule has 3 aromatic rings. The fourth-order valence-electron chi connectivity index (χ4n) is 4.16. The first-order valence-electron chi connectivity index (χ1n) is 11.0. The maximum Gasteiger partial charge on any atom is 0.311 e. The molecule has 5 heteroatoms. The molecule has 0 N–H and O–H groups in total. The van der Waals surface area contributed by atoms with Gasteiger partial charge in [0.05, 0.1) is 0 Å². The minimum absolute atomic E-state index is 0.167. The zero-order chi connectivity index (χ0) is 21.3. The van der Waals surface area contributed by atoms with Gasteiger partial charge in [-0.05, 0) is 42.7 Å². The molecule has 1 aliphatic rings. The van der Waals surface area contributed by atoms with Gasteiger partial charge in [-0.25, -0.2) is 0 Å². The van der Waals surface area contributed by atoms with Crippen LogP contribution in [-0.4, -0.2) is 48.1 Å². The summed E-state index contributed by atoms with van der Waals surface area (Å²) in [6.07, 6.45) is 5.83. The van der Waals surface area contributed by atoms with E-state index < -0.39 is 0 Å². The van der Waals surface area contributed by atoms with Gasteiger partial charge in [-0.2, -0.15) is 0 Å². The highest BCUT2D eigenvalue weighted by molar-refractivity contribution is 5.72. The van der Waals surface area contributed by atoms with Crippen molar-refractivity contribution in [3.05, 3.63) is 90.8 Å². The van der Waals surface area contributed by atoms with Crippen molar-refractivity contribution in [3.63, 3.8) is 0 Å². The summed E-state index contributed by atoms with van der Waals surface area (Å²) in [5.41, 5.74) is 2.53. The van der Waals surface area contributed by atoms with E-state index in [-0.39, 0.29) is 5.97 Å². The average Bonchev–Trinajstić information content (AvgIpc) is 2.84. The largest absolute Gasteiger partial charge is 0.427 e. The summed E-state index contributed by atoms with van der Waals surface area (Å²) in [7, 11) is 0. The van der Waals surface area contributed by atoms with Crippen molar-refractivity contribution in [3.8, 4) is 5.75 Å². The highest BCUT2D eigenvalue weighted by Crippen LogP contribution is 2.20. The van der Waals surface area contributed by atoms with Gasteiger partial charge in [0, 0.05) is 56.7 Å². The van der Waals surface area contributed by atoms with Crippen LogP contribution in [0, 0.1) is 0 Å². The number of carbonyl (C=O) groups excluding carboxylic acids is 1. The SMILES string of the molecule is O=C(CCC(Cc1ccccc1)N1CCN(c2ccncc2)CC1)Oc1ccccc1. The molecular weight excluding hydrogens is 386 g/mol. The first kappa shape index (κ1) is 21.1.